The number of rotatable bonds is 6. The van der Waals surface area contributed by atoms with Crippen molar-refractivity contribution in [2.45, 2.75) is 13.5 Å². The topological polar surface area (TPSA) is 57.1 Å². The van der Waals surface area contributed by atoms with Crippen molar-refractivity contribution in [1.29, 1.82) is 0 Å². The highest BCUT2D eigenvalue weighted by Crippen LogP contribution is 2.30. The van der Waals surface area contributed by atoms with Gasteiger partial charge in [0.15, 0.2) is 17.2 Å². The van der Waals surface area contributed by atoms with Crippen LogP contribution in [0.2, 0.25) is 0 Å². The number of cyclic esters (lactones) is 1. The highest BCUT2D eigenvalue weighted by atomic mass is 16.6. The van der Waals surface area contributed by atoms with E-state index in [2.05, 4.69) is 17.1 Å². The Hall–Kier alpha value is -3.86. The van der Waals surface area contributed by atoms with Gasteiger partial charge >= 0.3 is 5.97 Å². The Kier molecular flexibility index (Phi) is 5.61. The lowest BCUT2D eigenvalue weighted by Crippen LogP contribution is -2.04. The van der Waals surface area contributed by atoms with Crippen LogP contribution in [0.4, 0.5) is 0 Å². The molecule has 0 atom stereocenters. The van der Waals surface area contributed by atoms with Crippen LogP contribution in [0.1, 0.15) is 22.3 Å². The summed E-state index contributed by atoms with van der Waals surface area (Å²) in [5.74, 6) is 1.03. The second-order valence-corrected chi connectivity index (χ2v) is 6.89. The van der Waals surface area contributed by atoms with Crippen LogP contribution in [-0.4, -0.2) is 19.0 Å². The Labute approximate surface area is 175 Å². The Morgan fingerprint density at radius 3 is 2.47 bits per heavy atom. The van der Waals surface area contributed by atoms with Crippen LogP contribution in [0.3, 0.4) is 0 Å². The quantitative estimate of drug-likeness (QED) is 0.436. The summed E-state index contributed by atoms with van der Waals surface area (Å²) in [6, 6.07) is 23.0. The van der Waals surface area contributed by atoms with Crippen LogP contribution < -0.4 is 9.47 Å². The first-order valence-corrected chi connectivity index (χ1v) is 9.57. The molecule has 0 spiro atoms. The summed E-state index contributed by atoms with van der Waals surface area (Å²) in [6.07, 6.45) is 1.67. The Bertz CT molecular complexity index is 1120. The molecular weight excluding hydrogens is 378 g/mol. The average molecular weight is 399 g/mol. The molecule has 1 aliphatic rings. The van der Waals surface area contributed by atoms with E-state index in [1.165, 1.54) is 5.56 Å². The van der Waals surface area contributed by atoms with E-state index in [4.69, 9.17) is 14.2 Å². The number of aliphatic imine (C=N–C) groups is 1. The number of aryl methyl sites for hydroxylation is 1. The summed E-state index contributed by atoms with van der Waals surface area (Å²) in [7, 11) is 1.58. The predicted octanol–water partition coefficient (Wildman–Crippen LogP) is 4.93. The molecule has 0 fully saturated rings. The van der Waals surface area contributed by atoms with E-state index in [1.54, 1.807) is 19.3 Å². The number of methoxy groups -OCH3 is 1. The van der Waals surface area contributed by atoms with Crippen molar-refractivity contribution >= 4 is 17.9 Å². The predicted molar refractivity (Wildman–Crippen MR) is 116 cm³/mol. The van der Waals surface area contributed by atoms with Gasteiger partial charge in [-0.15, -0.1) is 0 Å². The number of benzene rings is 3. The Morgan fingerprint density at radius 2 is 1.73 bits per heavy atom. The SMILES string of the molecule is COc1cc(/C=C2/N=C(c3ccccc3)OC2=O)ccc1OCc1ccc(C)cc1. The normalized spacial score (nSPS) is 14.4. The second kappa shape index (κ2) is 8.66. The molecule has 150 valence electrons. The van der Waals surface area contributed by atoms with Gasteiger partial charge in [0.05, 0.1) is 7.11 Å². The monoisotopic (exact) mass is 399 g/mol. The highest BCUT2D eigenvalue weighted by Gasteiger charge is 2.24. The van der Waals surface area contributed by atoms with Gasteiger partial charge in [0.2, 0.25) is 5.90 Å². The molecule has 0 saturated heterocycles. The third kappa shape index (κ3) is 4.41. The largest absolute Gasteiger partial charge is 0.493 e. The van der Waals surface area contributed by atoms with Crippen LogP contribution in [0, 0.1) is 6.92 Å². The van der Waals surface area contributed by atoms with E-state index >= 15 is 0 Å². The van der Waals surface area contributed by atoms with Crippen molar-refractivity contribution in [3.63, 3.8) is 0 Å². The molecule has 0 radical (unpaired) electrons. The second-order valence-electron chi connectivity index (χ2n) is 6.89. The molecule has 1 heterocycles. The van der Waals surface area contributed by atoms with Gasteiger partial charge in [-0.3, -0.25) is 0 Å². The molecule has 3 aromatic rings. The molecule has 5 heteroatoms. The molecule has 0 N–H and O–H groups in total. The fourth-order valence-electron chi connectivity index (χ4n) is 3.01. The molecule has 4 rings (SSSR count). The third-order valence-electron chi connectivity index (χ3n) is 4.65. The van der Waals surface area contributed by atoms with E-state index in [9.17, 15) is 4.79 Å². The minimum atomic E-state index is -0.479. The number of hydrogen-bond acceptors (Lipinski definition) is 5. The summed E-state index contributed by atoms with van der Waals surface area (Å²) in [5, 5.41) is 0. The van der Waals surface area contributed by atoms with Gasteiger partial charge in [0, 0.05) is 5.56 Å². The zero-order valence-corrected chi connectivity index (χ0v) is 16.8. The van der Waals surface area contributed by atoms with Crippen molar-refractivity contribution in [3.05, 3.63) is 101 Å². The molecule has 1 aliphatic heterocycles. The average Bonchev–Trinajstić information content (AvgIpc) is 3.14. The van der Waals surface area contributed by atoms with Gasteiger partial charge < -0.3 is 14.2 Å². The van der Waals surface area contributed by atoms with Crippen LogP contribution in [-0.2, 0) is 16.1 Å². The molecule has 0 unspecified atom stereocenters. The lowest BCUT2D eigenvalue weighted by atomic mass is 10.1. The minimum Gasteiger partial charge on any atom is -0.493 e. The summed E-state index contributed by atoms with van der Waals surface area (Å²) in [5.41, 5.74) is 4.04. The number of ether oxygens (including phenoxy) is 3. The molecule has 3 aromatic carbocycles. The van der Waals surface area contributed by atoms with Gasteiger partial charge in [0.25, 0.3) is 0 Å². The molecule has 0 aromatic heterocycles. The summed E-state index contributed by atoms with van der Waals surface area (Å²) in [4.78, 5) is 16.5. The first kappa shape index (κ1) is 19.5. The fraction of sp³-hybridized carbons (Fsp3) is 0.120. The van der Waals surface area contributed by atoms with E-state index in [0.717, 1.165) is 16.7 Å². The lowest BCUT2D eigenvalue weighted by Gasteiger charge is -2.11. The number of nitrogens with zero attached hydrogens (tertiary/aromatic N) is 1. The maximum absolute atomic E-state index is 12.2. The maximum Gasteiger partial charge on any atom is 0.363 e. The first-order valence-electron chi connectivity index (χ1n) is 9.57. The summed E-state index contributed by atoms with van der Waals surface area (Å²) in [6.45, 7) is 2.49. The van der Waals surface area contributed by atoms with Crippen LogP contribution >= 0.6 is 0 Å². The molecule has 0 amide bonds. The van der Waals surface area contributed by atoms with Crippen LogP contribution in [0.5, 0.6) is 11.5 Å². The molecule has 0 saturated carbocycles. The van der Waals surface area contributed by atoms with Crippen molar-refractivity contribution in [2.75, 3.05) is 7.11 Å². The Morgan fingerprint density at radius 1 is 0.967 bits per heavy atom. The standard InChI is InChI=1S/C25H21NO4/c1-17-8-10-18(11-9-17)16-29-22-13-12-19(15-23(22)28-2)14-21-25(27)30-24(26-21)20-6-4-3-5-7-20/h3-15H,16H2,1-2H3/b21-14+. The third-order valence-corrected chi connectivity index (χ3v) is 4.65. The van der Waals surface area contributed by atoms with Gasteiger partial charge in [-0.25, -0.2) is 9.79 Å². The molecule has 30 heavy (non-hydrogen) atoms. The molecule has 0 aliphatic carbocycles. The minimum absolute atomic E-state index is 0.240. The highest BCUT2D eigenvalue weighted by molar-refractivity contribution is 6.12. The van der Waals surface area contributed by atoms with Crippen LogP contribution in [0.25, 0.3) is 6.08 Å². The van der Waals surface area contributed by atoms with Crippen molar-refractivity contribution in [2.24, 2.45) is 4.99 Å². The van der Waals surface area contributed by atoms with Crippen molar-refractivity contribution in [3.8, 4) is 11.5 Å². The van der Waals surface area contributed by atoms with Gasteiger partial charge in [-0.05, 0) is 48.4 Å². The lowest BCUT2D eigenvalue weighted by molar-refractivity contribution is -0.129. The fourth-order valence-corrected chi connectivity index (χ4v) is 3.01. The van der Waals surface area contributed by atoms with Gasteiger partial charge in [-0.1, -0.05) is 54.1 Å². The zero-order valence-electron chi connectivity index (χ0n) is 16.8. The van der Waals surface area contributed by atoms with E-state index in [-0.39, 0.29) is 5.70 Å². The molecule has 5 nitrogen and oxygen atoms in total. The summed E-state index contributed by atoms with van der Waals surface area (Å²) < 4.78 is 16.7. The Balaban J connectivity index is 1.53. The molecule has 0 bridgehead atoms. The number of carbonyl (C=O) groups excluding carboxylic acids is 1. The molecular formula is C25H21NO4. The number of carbonyl (C=O) groups is 1. The maximum atomic E-state index is 12.2. The smallest absolute Gasteiger partial charge is 0.363 e. The van der Waals surface area contributed by atoms with E-state index < -0.39 is 5.97 Å². The number of esters is 1. The van der Waals surface area contributed by atoms with Gasteiger partial charge in [0.1, 0.15) is 6.61 Å². The first-order chi connectivity index (χ1) is 14.6. The number of hydrogen-bond donors (Lipinski definition) is 0. The van der Waals surface area contributed by atoms with E-state index in [0.29, 0.717) is 24.0 Å². The van der Waals surface area contributed by atoms with Crippen molar-refractivity contribution in [1.82, 2.24) is 0 Å². The zero-order chi connectivity index (χ0) is 20.9. The van der Waals surface area contributed by atoms with Gasteiger partial charge in [-0.2, -0.15) is 0 Å². The van der Waals surface area contributed by atoms with Crippen LogP contribution in [0.15, 0.2) is 83.5 Å². The van der Waals surface area contributed by atoms with E-state index in [1.807, 2.05) is 61.5 Å². The summed E-state index contributed by atoms with van der Waals surface area (Å²) >= 11 is 0. The van der Waals surface area contributed by atoms with Crippen molar-refractivity contribution < 1.29 is 19.0 Å².